The van der Waals surface area contributed by atoms with Gasteiger partial charge < -0.3 is 26.4 Å². The molecule has 1 aromatic carbocycles. The second-order valence-electron chi connectivity index (χ2n) is 11.5. The average molecular weight is 592 g/mol. The largest absolute Gasteiger partial charge is 0.391 e. The van der Waals surface area contributed by atoms with Crippen molar-refractivity contribution in [3.63, 3.8) is 0 Å². The number of nitrogens with two attached hydrogens (primary N) is 1. The molecule has 41 heavy (non-hydrogen) atoms. The zero-order chi connectivity index (χ0) is 30.8. The van der Waals surface area contributed by atoms with Crippen molar-refractivity contribution in [3.05, 3.63) is 41.0 Å². The monoisotopic (exact) mass is 591 g/mol. The third kappa shape index (κ3) is 11.2. The molecule has 2 unspecified atom stereocenters. The van der Waals surface area contributed by atoms with E-state index in [4.69, 9.17) is 0 Å². The number of aryl methyl sites for hydroxylation is 1. The minimum absolute atomic E-state index is 0.0463. The fourth-order valence-electron chi connectivity index (χ4n) is 3.98. The minimum atomic E-state index is -1.61. The molecular formula is C29H42FN5O5S. The van der Waals surface area contributed by atoms with Gasteiger partial charge in [-0.1, -0.05) is 45.0 Å². The predicted octanol–water partition coefficient (Wildman–Crippen LogP) is 3.03. The molecule has 2 heterocycles. The van der Waals surface area contributed by atoms with Crippen molar-refractivity contribution in [1.29, 1.82) is 0 Å². The molecule has 2 aliphatic rings. The molecule has 1 aliphatic carbocycles. The fourth-order valence-corrected chi connectivity index (χ4v) is 4.79. The molecule has 10 nitrogen and oxygen atoms in total. The summed E-state index contributed by atoms with van der Waals surface area (Å²) in [7, 11) is 1.58. The third-order valence-electron chi connectivity index (χ3n) is 6.59. The number of likely N-dealkylation sites (tertiary alicyclic amines) is 1. The van der Waals surface area contributed by atoms with Gasteiger partial charge in [0.2, 0.25) is 18.2 Å². The molecule has 1 saturated heterocycles. The molecule has 5 N–H and O–H groups in total. The molecule has 4 amide bonds. The summed E-state index contributed by atoms with van der Waals surface area (Å²) >= 11 is 1.59. The Balaban J connectivity index is 0.000000248. The second-order valence-corrected chi connectivity index (χ2v) is 12.3. The number of aliphatic hydroxyl groups is 1. The van der Waals surface area contributed by atoms with Crippen molar-refractivity contribution >= 4 is 35.5 Å². The number of β-amino-alcohol motifs (C(OH)–C–C–N with tert-alkyl or cyclic N) is 1. The first-order chi connectivity index (χ1) is 19.2. The van der Waals surface area contributed by atoms with Crippen LogP contribution in [0.25, 0.3) is 10.4 Å². The second kappa shape index (κ2) is 15.0. The van der Waals surface area contributed by atoms with E-state index in [1.165, 1.54) is 0 Å². The summed E-state index contributed by atoms with van der Waals surface area (Å²) in [5.41, 5.74) is 7.86. The number of thiazole rings is 1. The van der Waals surface area contributed by atoms with Gasteiger partial charge in [-0.25, -0.2) is 9.37 Å². The Labute approximate surface area is 244 Å². The van der Waals surface area contributed by atoms with Crippen molar-refractivity contribution in [3.8, 4) is 10.4 Å². The van der Waals surface area contributed by atoms with Crippen LogP contribution in [0.5, 0.6) is 0 Å². The highest BCUT2D eigenvalue weighted by atomic mass is 32.1. The fraction of sp³-hybridized carbons (Fsp3) is 0.552. The number of carbonyl (C=O) groups is 4. The van der Waals surface area contributed by atoms with Crippen LogP contribution in [0.2, 0.25) is 0 Å². The normalized spacial score (nSPS) is 17.6. The zero-order valence-electron chi connectivity index (χ0n) is 24.4. The van der Waals surface area contributed by atoms with Crippen molar-refractivity contribution in [2.45, 2.75) is 77.6 Å². The number of primary amides is 1. The molecule has 1 aliphatic heterocycles. The number of aromatic nitrogens is 1. The average Bonchev–Trinajstić information content (AvgIpc) is 3.29. The topological polar surface area (TPSA) is 155 Å². The van der Waals surface area contributed by atoms with E-state index in [1.54, 1.807) is 23.3 Å². The lowest BCUT2D eigenvalue weighted by Gasteiger charge is -2.22. The van der Waals surface area contributed by atoms with Gasteiger partial charge in [-0.05, 0) is 42.7 Å². The molecule has 2 atom stereocenters. The SMILES string of the molecule is CC(C)(C)CC(=O)N1CCC(O)C1.CNC(=O)CC(NC=O)c1ccc(-c2scnc2C)cc1.NC(=O)C1(F)CC1. The third-order valence-corrected chi connectivity index (χ3v) is 7.56. The molecule has 226 valence electrons. The van der Waals surface area contributed by atoms with Gasteiger partial charge in [0.15, 0.2) is 5.67 Å². The highest BCUT2D eigenvalue weighted by molar-refractivity contribution is 7.13. The van der Waals surface area contributed by atoms with Gasteiger partial charge in [0.25, 0.3) is 5.91 Å². The first-order valence-electron chi connectivity index (χ1n) is 13.5. The Kier molecular flexibility index (Phi) is 12.4. The number of hydrogen-bond donors (Lipinski definition) is 4. The highest BCUT2D eigenvalue weighted by Gasteiger charge is 2.49. The number of amides is 4. The van der Waals surface area contributed by atoms with Crippen LogP contribution in [0.4, 0.5) is 4.39 Å². The molecule has 0 radical (unpaired) electrons. The summed E-state index contributed by atoms with van der Waals surface area (Å²) in [5.74, 6) is -0.756. The van der Waals surface area contributed by atoms with E-state index in [2.05, 4.69) is 42.1 Å². The van der Waals surface area contributed by atoms with E-state index in [9.17, 15) is 28.7 Å². The van der Waals surface area contributed by atoms with Gasteiger partial charge in [-0.3, -0.25) is 19.2 Å². The maximum atomic E-state index is 12.1. The Bertz CT molecular complexity index is 1180. The zero-order valence-corrected chi connectivity index (χ0v) is 25.2. The first-order valence-corrected chi connectivity index (χ1v) is 14.4. The predicted molar refractivity (Wildman–Crippen MR) is 156 cm³/mol. The van der Waals surface area contributed by atoms with Gasteiger partial charge in [0.05, 0.1) is 34.6 Å². The number of carbonyl (C=O) groups excluding carboxylic acids is 4. The molecule has 1 aromatic heterocycles. The van der Waals surface area contributed by atoms with Crippen LogP contribution in [0.3, 0.4) is 0 Å². The van der Waals surface area contributed by atoms with Crippen LogP contribution in [0.15, 0.2) is 29.8 Å². The molecule has 1 saturated carbocycles. The summed E-state index contributed by atoms with van der Waals surface area (Å²) in [6, 6.07) is 7.51. The first kappa shape index (κ1) is 33.8. The molecular weight excluding hydrogens is 549 g/mol. The van der Waals surface area contributed by atoms with Gasteiger partial charge in [0, 0.05) is 26.6 Å². The van der Waals surface area contributed by atoms with Crippen LogP contribution in [0.1, 0.15) is 70.2 Å². The molecule has 0 bridgehead atoms. The van der Waals surface area contributed by atoms with E-state index in [0.29, 0.717) is 32.2 Å². The Morgan fingerprint density at radius 1 is 1.27 bits per heavy atom. The number of nitrogens with one attached hydrogen (secondary N) is 2. The van der Waals surface area contributed by atoms with E-state index in [1.807, 2.05) is 36.7 Å². The summed E-state index contributed by atoms with van der Waals surface area (Å²) < 4.78 is 12.1. The van der Waals surface area contributed by atoms with Crippen molar-refractivity contribution in [1.82, 2.24) is 20.5 Å². The minimum Gasteiger partial charge on any atom is -0.391 e. The number of benzene rings is 1. The Morgan fingerprint density at radius 2 is 1.90 bits per heavy atom. The van der Waals surface area contributed by atoms with Gasteiger partial charge in [-0.15, -0.1) is 11.3 Å². The van der Waals surface area contributed by atoms with E-state index in [-0.39, 0.29) is 35.8 Å². The van der Waals surface area contributed by atoms with Crippen LogP contribution < -0.4 is 16.4 Å². The van der Waals surface area contributed by atoms with Crippen LogP contribution in [-0.2, 0) is 19.2 Å². The highest BCUT2D eigenvalue weighted by Crippen LogP contribution is 2.38. The standard InChI is InChI=1S/C15H17N3O2S.C10H19NO2.C4H6FNO/c1-10-15(21-9-18-10)12-5-3-11(4-6-12)13(17-8-19)7-14(20)16-2;1-10(2,3)6-9(13)11-5-4-8(12)7-11;5-4(1-2-4)3(6)7/h3-6,8-9,13H,7H2,1-2H3,(H,16,20)(H,17,19);8,12H,4-7H2,1-3H3;1-2H2,(H2,6,7). The van der Waals surface area contributed by atoms with Gasteiger partial charge in [0.1, 0.15) is 0 Å². The van der Waals surface area contributed by atoms with E-state index < -0.39 is 11.6 Å². The molecule has 0 spiro atoms. The summed E-state index contributed by atoms with van der Waals surface area (Å²) in [6.07, 6.45) is 2.48. The Morgan fingerprint density at radius 3 is 2.29 bits per heavy atom. The summed E-state index contributed by atoms with van der Waals surface area (Å²) in [6.45, 7) is 9.37. The van der Waals surface area contributed by atoms with Crippen molar-refractivity contribution in [2.75, 3.05) is 20.1 Å². The number of halogens is 1. The van der Waals surface area contributed by atoms with E-state index in [0.717, 1.165) is 34.7 Å². The lowest BCUT2D eigenvalue weighted by atomic mass is 9.92. The number of hydrogen-bond acceptors (Lipinski definition) is 7. The lowest BCUT2D eigenvalue weighted by Crippen LogP contribution is -2.32. The number of nitrogens with zero attached hydrogens (tertiary/aromatic N) is 2. The number of rotatable bonds is 8. The smallest absolute Gasteiger partial charge is 0.255 e. The van der Waals surface area contributed by atoms with E-state index >= 15 is 0 Å². The lowest BCUT2D eigenvalue weighted by molar-refractivity contribution is -0.132. The maximum absolute atomic E-state index is 12.1. The molecule has 4 rings (SSSR count). The maximum Gasteiger partial charge on any atom is 0.255 e. The van der Waals surface area contributed by atoms with Gasteiger partial charge >= 0.3 is 0 Å². The number of aliphatic hydroxyl groups excluding tert-OH is 1. The van der Waals surface area contributed by atoms with Crippen LogP contribution in [-0.4, -0.2) is 71.0 Å². The Hall–Kier alpha value is -3.38. The molecule has 2 aromatic rings. The van der Waals surface area contributed by atoms with Gasteiger partial charge in [-0.2, -0.15) is 0 Å². The quantitative estimate of drug-likeness (QED) is 0.346. The van der Waals surface area contributed by atoms with Crippen molar-refractivity contribution < 1.29 is 28.7 Å². The van der Waals surface area contributed by atoms with Crippen molar-refractivity contribution in [2.24, 2.45) is 11.1 Å². The van der Waals surface area contributed by atoms with Crippen LogP contribution >= 0.6 is 11.3 Å². The van der Waals surface area contributed by atoms with Crippen LogP contribution in [0, 0.1) is 12.3 Å². The summed E-state index contributed by atoms with van der Waals surface area (Å²) in [4.78, 5) is 50.9. The summed E-state index contributed by atoms with van der Waals surface area (Å²) in [5, 5.41) is 14.5. The molecule has 12 heteroatoms. The number of alkyl halides is 1. The molecule has 2 fully saturated rings.